The van der Waals surface area contributed by atoms with E-state index in [1.54, 1.807) is 12.1 Å². The molecular formula is C20H22N4O2. The summed E-state index contributed by atoms with van der Waals surface area (Å²) in [6.45, 7) is 4.14. The van der Waals surface area contributed by atoms with E-state index in [-0.39, 0.29) is 12.1 Å². The van der Waals surface area contributed by atoms with Crippen molar-refractivity contribution in [3.8, 4) is 11.3 Å². The molecule has 0 saturated carbocycles. The second-order valence-electron chi connectivity index (χ2n) is 6.72. The molecule has 3 N–H and O–H groups in total. The molecule has 0 radical (unpaired) electrons. The minimum absolute atomic E-state index is 0.224. The Balaban J connectivity index is 2.13. The molecule has 1 heterocycles. The molecule has 0 saturated heterocycles. The zero-order valence-corrected chi connectivity index (χ0v) is 14.9. The lowest BCUT2D eigenvalue weighted by Gasteiger charge is -2.11. The van der Waals surface area contributed by atoms with E-state index in [2.05, 4.69) is 31.1 Å². The molecule has 3 rings (SSSR count). The number of benzene rings is 2. The molecule has 0 bridgehead atoms. The van der Waals surface area contributed by atoms with Crippen molar-refractivity contribution in [2.24, 2.45) is 11.8 Å². The number of carbonyl (C=O) groups is 1. The zero-order valence-electron chi connectivity index (χ0n) is 14.9. The Labute approximate surface area is 151 Å². The zero-order chi connectivity index (χ0) is 18.7. The van der Waals surface area contributed by atoms with Crippen LogP contribution in [0.25, 0.3) is 22.0 Å². The Morgan fingerprint density at radius 3 is 2.38 bits per heavy atom. The highest BCUT2D eigenvalue weighted by Gasteiger charge is 2.14. The van der Waals surface area contributed by atoms with E-state index in [0.717, 1.165) is 22.1 Å². The highest BCUT2D eigenvalue weighted by Crippen LogP contribution is 2.25. The lowest BCUT2D eigenvalue weighted by molar-refractivity contribution is -0.121. The lowest BCUT2D eigenvalue weighted by Crippen LogP contribution is -2.37. The Morgan fingerprint density at radius 2 is 1.77 bits per heavy atom. The second-order valence-corrected chi connectivity index (χ2v) is 6.72. The third-order valence-corrected chi connectivity index (χ3v) is 4.19. The standard InChI is InChI=1S/C20H22N4O2/c1-13(2)11-14-7-9-15(10-8-14)19-16-5-3-4-6-17(16)20(26)24(23-19)12-18(25)22-21/h3-10,13H,11-12,21H2,1-2H3,(H,22,25). The maximum atomic E-state index is 12.6. The summed E-state index contributed by atoms with van der Waals surface area (Å²) >= 11 is 0. The Hall–Kier alpha value is -2.99. The number of aromatic nitrogens is 2. The van der Waals surface area contributed by atoms with Crippen molar-refractivity contribution in [3.63, 3.8) is 0 Å². The monoisotopic (exact) mass is 350 g/mol. The van der Waals surface area contributed by atoms with E-state index >= 15 is 0 Å². The summed E-state index contributed by atoms with van der Waals surface area (Å²) < 4.78 is 1.15. The molecule has 134 valence electrons. The van der Waals surface area contributed by atoms with Crippen LogP contribution in [0.1, 0.15) is 19.4 Å². The van der Waals surface area contributed by atoms with Gasteiger partial charge < -0.3 is 0 Å². The Morgan fingerprint density at radius 1 is 1.12 bits per heavy atom. The summed E-state index contributed by atoms with van der Waals surface area (Å²) in [7, 11) is 0. The summed E-state index contributed by atoms with van der Waals surface area (Å²) in [5, 5.41) is 5.72. The van der Waals surface area contributed by atoms with Crippen molar-refractivity contribution in [3.05, 3.63) is 64.4 Å². The largest absolute Gasteiger partial charge is 0.293 e. The summed E-state index contributed by atoms with van der Waals surface area (Å²) in [5.41, 5.74) is 4.54. The average Bonchev–Trinajstić information content (AvgIpc) is 2.64. The third-order valence-electron chi connectivity index (χ3n) is 4.19. The van der Waals surface area contributed by atoms with E-state index in [0.29, 0.717) is 17.0 Å². The maximum Gasteiger partial charge on any atom is 0.275 e. The first-order valence-electron chi connectivity index (χ1n) is 8.58. The highest BCUT2D eigenvalue weighted by atomic mass is 16.2. The third kappa shape index (κ3) is 3.65. The fourth-order valence-electron chi connectivity index (χ4n) is 3.01. The van der Waals surface area contributed by atoms with Crippen LogP contribution in [0.2, 0.25) is 0 Å². The molecule has 3 aromatic rings. The number of hydrogen-bond acceptors (Lipinski definition) is 4. The van der Waals surface area contributed by atoms with Crippen LogP contribution in [0.4, 0.5) is 0 Å². The number of nitrogens with two attached hydrogens (primary N) is 1. The van der Waals surface area contributed by atoms with Gasteiger partial charge in [0.2, 0.25) is 0 Å². The molecule has 0 aliphatic heterocycles. The van der Waals surface area contributed by atoms with E-state index in [9.17, 15) is 9.59 Å². The Kier molecular flexibility index (Phi) is 5.14. The van der Waals surface area contributed by atoms with Crippen LogP contribution in [-0.4, -0.2) is 15.7 Å². The molecule has 26 heavy (non-hydrogen) atoms. The number of hydrazine groups is 1. The van der Waals surface area contributed by atoms with Crippen molar-refractivity contribution in [2.45, 2.75) is 26.8 Å². The van der Waals surface area contributed by atoms with Gasteiger partial charge >= 0.3 is 0 Å². The van der Waals surface area contributed by atoms with Crippen LogP contribution < -0.4 is 16.8 Å². The number of fused-ring (bicyclic) bond motifs is 1. The van der Waals surface area contributed by atoms with Crippen LogP contribution in [0.15, 0.2) is 53.3 Å². The lowest BCUT2D eigenvalue weighted by atomic mass is 9.99. The van der Waals surface area contributed by atoms with E-state index in [1.807, 2.05) is 29.7 Å². The molecule has 0 unspecified atom stereocenters. The predicted octanol–water partition coefficient (Wildman–Crippen LogP) is 2.25. The topological polar surface area (TPSA) is 90.0 Å². The normalized spacial score (nSPS) is 11.1. The average molecular weight is 350 g/mol. The van der Waals surface area contributed by atoms with Crippen LogP contribution in [-0.2, 0) is 17.8 Å². The molecule has 6 nitrogen and oxygen atoms in total. The number of rotatable bonds is 5. The van der Waals surface area contributed by atoms with Gasteiger partial charge in [0.25, 0.3) is 11.5 Å². The minimum Gasteiger partial charge on any atom is -0.293 e. The van der Waals surface area contributed by atoms with Crippen molar-refractivity contribution in [1.82, 2.24) is 15.2 Å². The van der Waals surface area contributed by atoms with E-state index in [1.165, 1.54) is 5.56 Å². The molecule has 6 heteroatoms. The van der Waals surface area contributed by atoms with Crippen molar-refractivity contribution in [2.75, 3.05) is 0 Å². The van der Waals surface area contributed by atoms with Gasteiger partial charge in [0.05, 0.1) is 11.1 Å². The molecule has 0 aliphatic carbocycles. The SMILES string of the molecule is CC(C)Cc1ccc(-c2nn(CC(=O)NN)c(=O)c3ccccc23)cc1. The van der Waals surface area contributed by atoms with Crippen molar-refractivity contribution < 1.29 is 4.79 Å². The molecule has 1 amide bonds. The first-order chi connectivity index (χ1) is 12.5. The van der Waals surface area contributed by atoms with E-state index < -0.39 is 5.91 Å². The van der Waals surface area contributed by atoms with Crippen LogP contribution in [0, 0.1) is 5.92 Å². The van der Waals surface area contributed by atoms with Gasteiger partial charge in [0.1, 0.15) is 6.54 Å². The summed E-state index contributed by atoms with van der Waals surface area (Å²) in [4.78, 5) is 24.2. The maximum absolute atomic E-state index is 12.6. The van der Waals surface area contributed by atoms with Gasteiger partial charge in [-0.15, -0.1) is 0 Å². The van der Waals surface area contributed by atoms with Crippen LogP contribution in [0.3, 0.4) is 0 Å². The van der Waals surface area contributed by atoms with E-state index in [4.69, 9.17) is 5.84 Å². The van der Waals surface area contributed by atoms with Gasteiger partial charge in [0.15, 0.2) is 0 Å². The van der Waals surface area contributed by atoms with Crippen molar-refractivity contribution >= 4 is 16.7 Å². The number of hydrogen-bond donors (Lipinski definition) is 2. The molecule has 0 aliphatic rings. The molecule has 0 fully saturated rings. The Bertz CT molecular complexity index is 991. The van der Waals surface area contributed by atoms with Gasteiger partial charge in [0, 0.05) is 10.9 Å². The summed E-state index contributed by atoms with van der Waals surface area (Å²) in [6.07, 6.45) is 1.00. The molecule has 0 atom stereocenters. The predicted molar refractivity (Wildman–Crippen MR) is 102 cm³/mol. The van der Waals surface area contributed by atoms with Gasteiger partial charge in [-0.05, 0) is 24.0 Å². The number of nitrogens with zero attached hydrogens (tertiary/aromatic N) is 2. The minimum atomic E-state index is -0.479. The number of nitrogens with one attached hydrogen (secondary N) is 1. The first kappa shape index (κ1) is 17.8. The summed E-state index contributed by atoms with van der Waals surface area (Å²) in [5.74, 6) is 5.25. The highest BCUT2D eigenvalue weighted by molar-refractivity contribution is 5.93. The molecule has 0 spiro atoms. The summed E-state index contributed by atoms with van der Waals surface area (Å²) in [6, 6.07) is 15.4. The van der Waals surface area contributed by atoms with Gasteiger partial charge in [-0.3, -0.25) is 15.0 Å². The van der Waals surface area contributed by atoms with Crippen LogP contribution in [0.5, 0.6) is 0 Å². The van der Waals surface area contributed by atoms with Crippen LogP contribution >= 0.6 is 0 Å². The number of carbonyl (C=O) groups excluding carboxylic acids is 1. The molecule has 1 aromatic heterocycles. The van der Waals surface area contributed by atoms with Crippen molar-refractivity contribution in [1.29, 1.82) is 0 Å². The number of amides is 1. The smallest absolute Gasteiger partial charge is 0.275 e. The molecule has 2 aromatic carbocycles. The quantitative estimate of drug-likeness (QED) is 0.419. The fraction of sp³-hybridized carbons (Fsp3) is 0.250. The van der Waals surface area contributed by atoms with Gasteiger partial charge in [-0.2, -0.15) is 5.10 Å². The fourth-order valence-corrected chi connectivity index (χ4v) is 3.01. The van der Waals surface area contributed by atoms with Gasteiger partial charge in [-0.1, -0.05) is 56.3 Å². The van der Waals surface area contributed by atoms with Gasteiger partial charge in [-0.25, -0.2) is 10.5 Å². The molecular weight excluding hydrogens is 328 g/mol. The second kappa shape index (κ2) is 7.49. The first-order valence-corrected chi connectivity index (χ1v) is 8.58.